The molecule has 1 saturated heterocycles. The van der Waals surface area contributed by atoms with E-state index in [1.807, 2.05) is 6.07 Å². The van der Waals surface area contributed by atoms with Gasteiger partial charge in [0.2, 0.25) is 5.91 Å². The maximum absolute atomic E-state index is 12.7. The molecule has 0 unspecified atom stereocenters. The number of carbonyl (C=O) groups is 2. The van der Waals surface area contributed by atoms with Crippen LogP contribution in [0.5, 0.6) is 0 Å². The van der Waals surface area contributed by atoms with Gasteiger partial charge in [-0.05, 0) is 12.0 Å². The second-order valence-electron chi connectivity index (χ2n) is 5.14. The van der Waals surface area contributed by atoms with Crippen LogP contribution in [0.15, 0.2) is 30.3 Å². The molecule has 1 aliphatic heterocycles. The number of rotatable bonds is 4. The van der Waals surface area contributed by atoms with Gasteiger partial charge < -0.3 is 14.7 Å². The topological polar surface area (TPSA) is 70.1 Å². The summed E-state index contributed by atoms with van der Waals surface area (Å²) in [6.07, 6.45) is -0.319. The van der Waals surface area contributed by atoms with Gasteiger partial charge in [0.05, 0.1) is 6.10 Å². The first-order chi connectivity index (χ1) is 10.0. The van der Waals surface area contributed by atoms with Crippen LogP contribution in [0.2, 0.25) is 0 Å². The lowest BCUT2D eigenvalue weighted by molar-refractivity contribution is -0.135. The van der Waals surface area contributed by atoms with Gasteiger partial charge in [0.25, 0.3) is 0 Å². The van der Waals surface area contributed by atoms with Crippen molar-refractivity contribution < 1.29 is 19.4 Å². The Labute approximate surface area is 123 Å². The molecule has 1 aromatic rings. The summed E-state index contributed by atoms with van der Waals surface area (Å²) in [4.78, 5) is 26.7. The van der Waals surface area contributed by atoms with Crippen LogP contribution in [0.1, 0.15) is 18.0 Å². The third-order valence-corrected chi connectivity index (χ3v) is 3.83. The highest BCUT2D eigenvalue weighted by Crippen LogP contribution is 2.24. The monoisotopic (exact) mass is 292 g/mol. The number of carbonyl (C=O) groups excluding carboxylic acids is 1. The number of hydrogen-bond acceptors (Lipinski definition) is 3. The highest BCUT2D eigenvalue weighted by molar-refractivity contribution is 5.86. The van der Waals surface area contributed by atoms with Crippen LogP contribution in [0, 0.1) is 0 Å². The summed E-state index contributed by atoms with van der Waals surface area (Å²) in [6.45, 7) is 1.10. The fourth-order valence-electron chi connectivity index (χ4n) is 2.57. The van der Waals surface area contributed by atoms with E-state index in [0.717, 1.165) is 11.3 Å². The number of methoxy groups -OCH3 is 1. The lowest BCUT2D eigenvalue weighted by atomic mass is 10.0. The Kier molecular flexibility index (Phi) is 4.80. The van der Waals surface area contributed by atoms with E-state index < -0.39 is 12.1 Å². The van der Waals surface area contributed by atoms with Crippen molar-refractivity contribution in [3.8, 4) is 0 Å². The first-order valence-corrected chi connectivity index (χ1v) is 6.87. The maximum atomic E-state index is 12.7. The highest BCUT2D eigenvalue weighted by Gasteiger charge is 2.35. The van der Waals surface area contributed by atoms with Crippen molar-refractivity contribution in [1.29, 1.82) is 0 Å². The molecular weight excluding hydrogens is 272 g/mol. The van der Waals surface area contributed by atoms with Gasteiger partial charge in [-0.25, -0.2) is 4.79 Å². The molecule has 0 aromatic heterocycles. The molecule has 2 amide bonds. The van der Waals surface area contributed by atoms with Gasteiger partial charge >= 0.3 is 6.09 Å². The van der Waals surface area contributed by atoms with Crippen molar-refractivity contribution in [3.63, 3.8) is 0 Å². The van der Waals surface area contributed by atoms with E-state index in [2.05, 4.69) is 0 Å². The highest BCUT2D eigenvalue weighted by atomic mass is 16.5. The Bertz CT molecular complexity index is 506. The second-order valence-corrected chi connectivity index (χ2v) is 5.14. The van der Waals surface area contributed by atoms with Gasteiger partial charge in [-0.2, -0.15) is 0 Å². The van der Waals surface area contributed by atoms with Crippen molar-refractivity contribution >= 4 is 12.0 Å². The molecular formula is C15H20N2O4. The van der Waals surface area contributed by atoms with E-state index in [-0.39, 0.29) is 12.0 Å². The molecule has 1 aliphatic rings. The predicted octanol–water partition coefficient (Wildman–Crippen LogP) is 1.58. The van der Waals surface area contributed by atoms with Gasteiger partial charge in [-0.3, -0.25) is 9.69 Å². The number of likely N-dealkylation sites (tertiary alicyclic amines) is 1. The maximum Gasteiger partial charge on any atom is 0.407 e. The lowest BCUT2D eigenvalue weighted by Gasteiger charge is -2.29. The zero-order chi connectivity index (χ0) is 15.4. The van der Waals surface area contributed by atoms with Crippen molar-refractivity contribution in [2.24, 2.45) is 0 Å². The molecule has 6 nitrogen and oxygen atoms in total. The van der Waals surface area contributed by atoms with Gasteiger partial charge in [0.1, 0.15) is 6.04 Å². The van der Waals surface area contributed by atoms with Crippen LogP contribution in [0.3, 0.4) is 0 Å². The molecule has 1 N–H and O–H groups in total. The van der Waals surface area contributed by atoms with Crippen molar-refractivity contribution in [2.75, 3.05) is 27.2 Å². The van der Waals surface area contributed by atoms with Gasteiger partial charge in [0.15, 0.2) is 0 Å². The summed E-state index contributed by atoms with van der Waals surface area (Å²) in [5.41, 5.74) is 0.674. The molecule has 114 valence electrons. The molecule has 0 aliphatic carbocycles. The van der Waals surface area contributed by atoms with Gasteiger partial charge in [0, 0.05) is 27.2 Å². The largest absolute Gasteiger partial charge is 0.465 e. The third kappa shape index (κ3) is 3.33. The number of benzene rings is 1. The van der Waals surface area contributed by atoms with Gasteiger partial charge in [-0.15, -0.1) is 0 Å². The fourth-order valence-corrected chi connectivity index (χ4v) is 2.57. The Morgan fingerprint density at radius 1 is 1.38 bits per heavy atom. The van der Waals surface area contributed by atoms with E-state index in [1.54, 1.807) is 36.3 Å². The minimum atomic E-state index is -1.13. The first-order valence-electron chi connectivity index (χ1n) is 6.87. The summed E-state index contributed by atoms with van der Waals surface area (Å²) < 4.78 is 5.26. The minimum absolute atomic E-state index is 0.0282. The number of hydrogen-bond donors (Lipinski definition) is 1. The Hall–Kier alpha value is -2.08. The summed E-state index contributed by atoms with van der Waals surface area (Å²) in [5.74, 6) is -0.203. The molecule has 0 bridgehead atoms. The molecule has 0 saturated carbocycles. The average molecular weight is 292 g/mol. The average Bonchev–Trinajstić information content (AvgIpc) is 2.97. The zero-order valence-corrected chi connectivity index (χ0v) is 12.2. The molecule has 1 aromatic carbocycles. The molecule has 6 heteroatoms. The minimum Gasteiger partial charge on any atom is -0.465 e. The summed E-state index contributed by atoms with van der Waals surface area (Å²) in [7, 11) is 3.04. The Morgan fingerprint density at radius 3 is 2.57 bits per heavy atom. The van der Waals surface area contributed by atoms with Crippen LogP contribution in [-0.4, -0.2) is 60.3 Å². The molecule has 2 atom stereocenters. The van der Waals surface area contributed by atoms with Crippen molar-refractivity contribution in [1.82, 2.24) is 9.80 Å². The molecule has 1 fully saturated rings. The van der Waals surface area contributed by atoms with E-state index >= 15 is 0 Å². The first kappa shape index (κ1) is 15.3. The summed E-state index contributed by atoms with van der Waals surface area (Å²) in [5, 5.41) is 9.23. The van der Waals surface area contributed by atoms with Crippen molar-refractivity contribution in [2.45, 2.75) is 18.6 Å². The van der Waals surface area contributed by atoms with E-state index in [4.69, 9.17) is 4.74 Å². The quantitative estimate of drug-likeness (QED) is 0.915. The van der Waals surface area contributed by atoms with Crippen molar-refractivity contribution in [3.05, 3.63) is 35.9 Å². The van der Waals surface area contributed by atoms with E-state index in [9.17, 15) is 14.7 Å². The van der Waals surface area contributed by atoms with E-state index in [1.165, 1.54) is 7.05 Å². The van der Waals surface area contributed by atoms with Crippen LogP contribution in [0.4, 0.5) is 4.79 Å². The van der Waals surface area contributed by atoms with Gasteiger partial charge in [-0.1, -0.05) is 30.3 Å². The molecule has 0 radical (unpaired) electrons. The van der Waals surface area contributed by atoms with Crippen LogP contribution < -0.4 is 0 Å². The smallest absolute Gasteiger partial charge is 0.407 e. The molecule has 1 heterocycles. The fraction of sp³-hybridized carbons (Fsp3) is 0.467. The van der Waals surface area contributed by atoms with E-state index in [0.29, 0.717) is 18.7 Å². The number of nitrogens with zero attached hydrogens (tertiary/aromatic N) is 2. The number of ether oxygens (including phenoxy) is 1. The predicted molar refractivity (Wildman–Crippen MR) is 77.0 cm³/mol. The number of amides is 2. The standard InChI is InChI=1S/C15H20N2O4/c1-16(15(19)20)13(11-6-4-3-5-7-11)14(18)17-9-8-12(10-17)21-2/h3-7,12-13H,8-10H2,1-2H3,(H,19,20)/t12-,13-/m0/s1. The lowest BCUT2D eigenvalue weighted by Crippen LogP contribution is -2.43. The van der Waals surface area contributed by atoms with Crippen LogP contribution in [-0.2, 0) is 9.53 Å². The number of carboxylic acid groups (broad SMARTS) is 1. The van der Waals surface area contributed by atoms with Crippen LogP contribution >= 0.6 is 0 Å². The molecule has 2 rings (SSSR count). The second kappa shape index (κ2) is 6.58. The molecule has 21 heavy (non-hydrogen) atoms. The summed E-state index contributed by atoms with van der Waals surface area (Å²) in [6, 6.07) is 8.15. The third-order valence-electron chi connectivity index (χ3n) is 3.83. The van der Waals surface area contributed by atoms with Crippen LogP contribution in [0.25, 0.3) is 0 Å². The Morgan fingerprint density at radius 2 is 2.05 bits per heavy atom. The Balaban J connectivity index is 2.24. The normalized spacial score (nSPS) is 19.3. The number of likely N-dealkylation sites (N-methyl/N-ethyl adjacent to an activating group) is 1. The SMILES string of the molecule is CO[C@H]1CCN(C(=O)[C@H](c2ccccc2)N(C)C(=O)O)C1. The molecule has 0 spiro atoms. The zero-order valence-electron chi connectivity index (χ0n) is 12.2. The summed E-state index contributed by atoms with van der Waals surface area (Å²) >= 11 is 0.